The zero-order chi connectivity index (χ0) is 22.1. The second-order valence-corrected chi connectivity index (χ2v) is 7.31. The fraction of sp³-hybridized carbons (Fsp3) is 0.409. The lowest BCUT2D eigenvalue weighted by atomic mass is 10.0. The first-order valence-corrected chi connectivity index (χ1v) is 9.65. The summed E-state index contributed by atoms with van der Waals surface area (Å²) in [4.78, 5) is 16.6. The standard InChI is InChI=1S/C22H24F3N3O2/c1-15(2)11-20(21(29)28-10-4-6-16-5-3-9-27-14-16)30-18-8-7-17(13-26)19(12-18)22(23,24)25/h3,5,7-9,12,14-15,20H,4,6,10-11H2,1-2H3,(H,28,29). The molecule has 2 aromatic rings. The average Bonchev–Trinajstić information content (AvgIpc) is 2.70. The van der Waals surface area contributed by atoms with Gasteiger partial charge in [0, 0.05) is 18.9 Å². The van der Waals surface area contributed by atoms with E-state index in [1.54, 1.807) is 12.4 Å². The van der Waals surface area contributed by atoms with Gasteiger partial charge in [0.05, 0.1) is 17.2 Å². The lowest BCUT2D eigenvalue weighted by molar-refractivity contribution is -0.137. The molecule has 8 heteroatoms. The van der Waals surface area contributed by atoms with Gasteiger partial charge in [-0.05, 0) is 55.0 Å². The smallest absolute Gasteiger partial charge is 0.417 e. The third kappa shape index (κ3) is 7.07. The van der Waals surface area contributed by atoms with Crippen LogP contribution in [0.2, 0.25) is 0 Å². The van der Waals surface area contributed by atoms with Crippen LogP contribution in [0.15, 0.2) is 42.7 Å². The molecule has 1 unspecified atom stereocenters. The lowest BCUT2D eigenvalue weighted by Gasteiger charge is -2.21. The Kier molecular flexibility index (Phi) is 8.22. The van der Waals surface area contributed by atoms with Gasteiger partial charge in [0.15, 0.2) is 6.10 Å². The summed E-state index contributed by atoms with van der Waals surface area (Å²) in [6.07, 6.45) is -0.392. The minimum atomic E-state index is -4.69. The summed E-state index contributed by atoms with van der Waals surface area (Å²) in [6.45, 7) is 4.20. The molecule has 1 N–H and O–H groups in total. The Balaban J connectivity index is 2.03. The van der Waals surface area contributed by atoms with Gasteiger partial charge in [-0.15, -0.1) is 0 Å². The van der Waals surface area contributed by atoms with Crippen molar-refractivity contribution < 1.29 is 22.7 Å². The lowest BCUT2D eigenvalue weighted by Crippen LogP contribution is -2.39. The predicted octanol–water partition coefficient (Wildman–Crippen LogP) is 4.51. The monoisotopic (exact) mass is 419 g/mol. The predicted molar refractivity (Wildman–Crippen MR) is 106 cm³/mol. The Bertz CT molecular complexity index is 877. The molecule has 0 radical (unpaired) electrons. The van der Waals surface area contributed by atoms with Crippen LogP contribution < -0.4 is 10.1 Å². The summed E-state index contributed by atoms with van der Waals surface area (Å²) in [5.41, 5.74) is -0.517. The number of nitrogens with one attached hydrogen (secondary N) is 1. The highest BCUT2D eigenvalue weighted by atomic mass is 19.4. The van der Waals surface area contributed by atoms with E-state index in [0.29, 0.717) is 19.4 Å². The maximum atomic E-state index is 13.2. The van der Waals surface area contributed by atoms with Crippen molar-refractivity contribution in [3.63, 3.8) is 0 Å². The highest BCUT2D eigenvalue weighted by Gasteiger charge is 2.34. The molecule has 0 fully saturated rings. The van der Waals surface area contributed by atoms with Gasteiger partial charge in [0.25, 0.3) is 5.91 Å². The van der Waals surface area contributed by atoms with Gasteiger partial charge in [-0.1, -0.05) is 19.9 Å². The molecule has 1 atom stereocenters. The summed E-state index contributed by atoms with van der Waals surface area (Å²) in [6, 6.07) is 8.41. The zero-order valence-electron chi connectivity index (χ0n) is 16.9. The van der Waals surface area contributed by atoms with Gasteiger partial charge in [-0.2, -0.15) is 18.4 Å². The SMILES string of the molecule is CC(C)CC(Oc1ccc(C#N)c(C(F)(F)F)c1)C(=O)NCCCc1cccnc1. The van der Waals surface area contributed by atoms with E-state index in [4.69, 9.17) is 10.00 Å². The number of hydrogen-bond donors (Lipinski definition) is 1. The summed E-state index contributed by atoms with van der Waals surface area (Å²) in [7, 11) is 0. The molecule has 0 saturated heterocycles. The molecule has 0 spiro atoms. The zero-order valence-corrected chi connectivity index (χ0v) is 16.9. The number of nitriles is 1. The molecule has 1 amide bonds. The second-order valence-electron chi connectivity index (χ2n) is 7.31. The van der Waals surface area contributed by atoms with E-state index >= 15 is 0 Å². The quantitative estimate of drug-likeness (QED) is 0.607. The minimum Gasteiger partial charge on any atom is -0.481 e. The molecule has 0 aliphatic rings. The number of nitrogens with zero attached hydrogens (tertiary/aromatic N) is 2. The number of rotatable bonds is 9. The largest absolute Gasteiger partial charge is 0.481 e. The molecule has 0 aliphatic heterocycles. The number of amides is 1. The number of halogens is 3. The van der Waals surface area contributed by atoms with E-state index in [9.17, 15) is 18.0 Å². The van der Waals surface area contributed by atoms with Gasteiger partial charge >= 0.3 is 6.18 Å². The van der Waals surface area contributed by atoms with Gasteiger partial charge in [-0.3, -0.25) is 9.78 Å². The van der Waals surface area contributed by atoms with Crippen LogP contribution in [0.3, 0.4) is 0 Å². The van der Waals surface area contributed by atoms with Crippen molar-refractivity contribution >= 4 is 5.91 Å². The molecule has 1 aromatic carbocycles. The molecule has 30 heavy (non-hydrogen) atoms. The average molecular weight is 419 g/mol. The number of carbonyl (C=O) groups excluding carboxylic acids is 1. The Hall–Kier alpha value is -3.08. The van der Waals surface area contributed by atoms with E-state index in [0.717, 1.165) is 24.1 Å². The second kappa shape index (κ2) is 10.6. The molecule has 160 valence electrons. The van der Waals surface area contributed by atoms with Crippen LogP contribution in [0.5, 0.6) is 5.75 Å². The molecule has 5 nitrogen and oxygen atoms in total. The maximum absolute atomic E-state index is 13.2. The van der Waals surface area contributed by atoms with Crippen LogP contribution in [0.1, 0.15) is 43.4 Å². The molecule has 1 aromatic heterocycles. The fourth-order valence-corrected chi connectivity index (χ4v) is 2.89. The third-order valence-corrected chi connectivity index (χ3v) is 4.34. The number of hydrogen-bond acceptors (Lipinski definition) is 4. The van der Waals surface area contributed by atoms with Crippen molar-refractivity contribution in [3.8, 4) is 11.8 Å². The number of aryl methyl sites for hydroxylation is 1. The van der Waals surface area contributed by atoms with Crippen LogP contribution in [-0.4, -0.2) is 23.5 Å². The van der Waals surface area contributed by atoms with Crippen molar-refractivity contribution in [3.05, 3.63) is 59.4 Å². The Labute approximate surface area is 173 Å². The van der Waals surface area contributed by atoms with Crippen LogP contribution in [0.25, 0.3) is 0 Å². The Morgan fingerprint density at radius 3 is 2.67 bits per heavy atom. The summed E-state index contributed by atoms with van der Waals surface area (Å²) < 4.78 is 45.1. The number of alkyl halides is 3. The van der Waals surface area contributed by atoms with E-state index in [2.05, 4.69) is 10.3 Å². The first kappa shape index (κ1) is 23.2. The Morgan fingerprint density at radius 1 is 1.30 bits per heavy atom. The Morgan fingerprint density at radius 2 is 2.07 bits per heavy atom. The number of pyridine rings is 1. The van der Waals surface area contributed by atoms with Crippen molar-refractivity contribution in [2.75, 3.05) is 6.54 Å². The van der Waals surface area contributed by atoms with E-state index in [-0.39, 0.29) is 17.6 Å². The number of carbonyl (C=O) groups is 1. The summed E-state index contributed by atoms with van der Waals surface area (Å²) in [5, 5.41) is 11.7. The minimum absolute atomic E-state index is 0.0941. The van der Waals surface area contributed by atoms with Gasteiger partial charge in [-0.25, -0.2) is 0 Å². The van der Waals surface area contributed by atoms with Crippen LogP contribution in [-0.2, 0) is 17.4 Å². The van der Waals surface area contributed by atoms with Crippen molar-refractivity contribution in [1.82, 2.24) is 10.3 Å². The number of aromatic nitrogens is 1. The molecule has 0 saturated carbocycles. The first-order chi connectivity index (χ1) is 14.2. The molecular formula is C22H24F3N3O2. The maximum Gasteiger partial charge on any atom is 0.417 e. The highest BCUT2D eigenvalue weighted by Crippen LogP contribution is 2.34. The molecule has 1 heterocycles. The van der Waals surface area contributed by atoms with E-state index < -0.39 is 23.4 Å². The summed E-state index contributed by atoms with van der Waals surface area (Å²) in [5.74, 6) is -0.387. The third-order valence-electron chi connectivity index (χ3n) is 4.34. The summed E-state index contributed by atoms with van der Waals surface area (Å²) >= 11 is 0. The normalized spacial score (nSPS) is 12.3. The highest BCUT2D eigenvalue weighted by molar-refractivity contribution is 5.81. The van der Waals surface area contributed by atoms with Crippen molar-refractivity contribution in [2.24, 2.45) is 5.92 Å². The molecule has 0 aliphatic carbocycles. The van der Waals surface area contributed by atoms with Crippen LogP contribution in [0, 0.1) is 17.2 Å². The van der Waals surface area contributed by atoms with Gasteiger partial charge in [0.1, 0.15) is 5.75 Å². The first-order valence-electron chi connectivity index (χ1n) is 9.65. The number of ether oxygens (including phenoxy) is 1. The van der Waals surface area contributed by atoms with Crippen LogP contribution >= 0.6 is 0 Å². The van der Waals surface area contributed by atoms with Crippen molar-refractivity contribution in [1.29, 1.82) is 5.26 Å². The fourth-order valence-electron chi connectivity index (χ4n) is 2.89. The molecular weight excluding hydrogens is 395 g/mol. The van der Waals surface area contributed by atoms with Crippen molar-refractivity contribution in [2.45, 2.75) is 45.4 Å². The molecule has 2 rings (SSSR count). The topological polar surface area (TPSA) is 75.0 Å². The van der Waals surface area contributed by atoms with Gasteiger partial charge in [0.2, 0.25) is 0 Å². The van der Waals surface area contributed by atoms with Gasteiger partial charge < -0.3 is 10.1 Å². The van der Waals surface area contributed by atoms with Crippen LogP contribution in [0.4, 0.5) is 13.2 Å². The van der Waals surface area contributed by atoms with E-state index in [1.165, 1.54) is 12.1 Å². The van der Waals surface area contributed by atoms with E-state index in [1.807, 2.05) is 26.0 Å². The molecule has 0 bridgehead atoms. The number of benzene rings is 1.